The monoisotopic (exact) mass is 370 g/mol. The van der Waals surface area contributed by atoms with Crippen molar-refractivity contribution in [2.45, 2.75) is 13.3 Å². The topological polar surface area (TPSA) is 95.4 Å². The van der Waals surface area contributed by atoms with Gasteiger partial charge in [0.25, 0.3) is 0 Å². The molecule has 0 aliphatic carbocycles. The molecule has 0 saturated heterocycles. The summed E-state index contributed by atoms with van der Waals surface area (Å²) in [5.74, 6) is 0.770. The van der Waals surface area contributed by atoms with Gasteiger partial charge in [0.1, 0.15) is 5.75 Å². The third-order valence-corrected chi connectivity index (χ3v) is 3.28. The van der Waals surface area contributed by atoms with Gasteiger partial charge in [0.05, 0.1) is 12.2 Å². The van der Waals surface area contributed by atoms with E-state index in [9.17, 15) is 9.59 Å². The number of carbonyl (C=O) groups is 2. The number of ether oxygens (including phenoxy) is 1. The summed E-state index contributed by atoms with van der Waals surface area (Å²) in [5, 5.41) is 0. The first kappa shape index (κ1) is 21.9. The van der Waals surface area contributed by atoms with Crippen LogP contribution in [0.3, 0.4) is 0 Å². The van der Waals surface area contributed by atoms with E-state index in [2.05, 4.69) is 0 Å². The van der Waals surface area contributed by atoms with Crippen LogP contribution in [-0.2, 0) is 0 Å². The van der Waals surface area contributed by atoms with Crippen LogP contribution in [0.15, 0.2) is 42.5 Å². The van der Waals surface area contributed by atoms with Crippen molar-refractivity contribution in [2.24, 2.45) is 5.73 Å². The Balaban J connectivity index is 0.00000264. The molecule has 0 aliphatic heterocycles. The summed E-state index contributed by atoms with van der Waals surface area (Å²) >= 11 is 0. The minimum atomic E-state index is -0.137. The average molecular weight is 371 g/mol. The maximum absolute atomic E-state index is 11.8. The van der Waals surface area contributed by atoms with E-state index in [1.807, 2.05) is 0 Å². The first-order valence-electron chi connectivity index (χ1n) is 6.99. The molecule has 5 nitrogen and oxygen atoms in total. The van der Waals surface area contributed by atoms with Gasteiger partial charge in [-0.15, -0.1) is 24.8 Å². The lowest BCUT2D eigenvalue weighted by Gasteiger charge is -2.11. The zero-order chi connectivity index (χ0) is 16.1. The van der Waals surface area contributed by atoms with Crippen molar-refractivity contribution in [3.05, 3.63) is 53.6 Å². The summed E-state index contributed by atoms with van der Waals surface area (Å²) in [6, 6.07) is 11.7. The van der Waals surface area contributed by atoms with Gasteiger partial charge in [-0.25, -0.2) is 0 Å². The van der Waals surface area contributed by atoms with Gasteiger partial charge >= 0.3 is 0 Å². The highest BCUT2D eigenvalue weighted by atomic mass is 35.5. The van der Waals surface area contributed by atoms with Crippen molar-refractivity contribution in [1.29, 1.82) is 0 Å². The predicted molar refractivity (Wildman–Crippen MR) is 99.9 cm³/mol. The Morgan fingerprint density at radius 2 is 1.62 bits per heavy atom. The third-order valence-electron chi connectivity index (χ3n) is 3.28. The molecule has 0 heterocycles. The lowest BCUT2D eigenvalue weighted by molar-refractivity contribution is 0.0985. The lowest BCUT2D eigenvalue weighted by Crippen LogP contribution is -2.13. The fourth-order valence-electron chi connectivity index (χ4n) is 2.02. The van der Waals surface area contributed by atoms with Crippen LogP contribution >= 0.6 is 24.8 Å². The Bertz CT molecular complexity index is 703. The quantitative estimate of drug-likeness (QED) is 0.597. The highest BCUT2D eigenvalue weighted by molar-refractivity contribution is 6.01. The van der Waals surface area contributed by atoms with E-state index < -0.39 is 0 Å². The molecule has 0 spiro atoms. The summed E-state index contributed by atoms with van der Waals surface area (Å²) in [6.45, 7) is 1.75. The zero-order valence-electron chi connectivity index (χ0n) is 13.2. The number of Topliss-reactive ketones (excluding diaryl/α,β-unsaturated/α-hetero) is 2. The SMILES string of the molecule is CCC(=O)c1cccc(Oc2ccc(C(=O)CN)cc2)c1N.Cl.Cl. The second-order valence-electron chi connectivity index (χ2n) is 4.75. The number of nitrogens with two attached hydrogens (primary N) is 2. The van der Waals surface area contributed by atoms with Gasteiger partial charge in [-0.3, -0.25) is 9.59 Å². The maximum Gasteiger partial charge on any atom is 0.176 e. The van der Waals surface area contributed by atoms with Crippen LogP contribution in [0.2, 0.25) is 0 Å². The van der Waals surface area contributed by atoms with Crippen LogP contribution in [0, 0.1) is 0 Å². The van der Waals surface area contributed by atoms with Gasteiger partial charge in [0.15, 0.2) is 17.3 Å². The second kappa shape index (κ2) is 9.93. The summed E-state index contributed by atoms with van der Waals surface area (Å²) < 4.78 is 5.69. The summed E-state index contributed by atoms with van der Waals surface area (Å²) in [6.07, 6.45) is 0.379. The van der Waals surface area contributed by atoms with Gasteiger partial charge in [-0.05, 0) is 36.4 Å². The van der Waals surface area contributed by atoms with Gasteiger partial charge in [0.2, 0.25) is 0 Å². The van der Waals surface area contributed by atoms with E-state index in [4.69, 9.17) is 16.2 Å². The van der Waals surface area contributed by atoms with Gasteiger partial charge in [-0.2, -0.15) is 0 Å². The normalized spacial score (nSPS) is 9.42. The molecule has 0 radical (unpaired) electrons. The van der Waals surface area contributed by atoms with Gasteiger partial charge in [-0.1, -0.05) is 13.0 Å². The fourth-order valence-corrected chi connectivity index (χ4v) is 2.02. The van der Waals surface area contributed by atoms with Crippen molar-refractivity contribution in [1.82, 2.24) is 0 Å². The Kier molecular flexibility index (Phi) is 9.07. The molecule has 7 heteroatoms. The highest BCUT2D eigenvalue weighted by Gasteiger charge is 2.12. The number of hydrogen-bond donors (Lipinski definition) is 2. The number of ketones is 2. The highest BCUT2D eigenvalue weighted by Crippen LogP contribution is 2.30. The molecule has 4 N–H and O–H groups in total. The van der Waals surface area contributed by atoms with E-state index in [0.717, 1.165) is 0 Å². The van der Waals surface area contributed by atoms with Crippen molar-refractivity contribution in [2.75, 3.05) is 12.3 Å². The molecule has 0 saturated carbocycles. The minimum absolute atomic E-state index is 0. The number of halogens is 2. The third kappa shape index (κ3) is 4.96. The molecule has 0 bridgehead atoms. The summed E-state index contributed by atoms with van der Waals surface area (Å²) in [4.78, 5) is 23.3. The number of anilines is 1. The Labute approximate surface area is 153 Å². The van der Waals surface area contributed by atoms with Crippen molar-refractivity contribution in [3.63, 3.8) is 0 Å². The molecule has 2 aromatic rings. The Morgan fingerprint density at radius 3 is 2.17 bits per heavy atom. The number of hydrogen-bond acceptors (Lipinski definition) is 5. The van der Waals surface area contributed by atoms with Crippen LogP contribution in [0.4, 0.5) is 5.69 Å². The fraction of sp³-hybridized carbons (Fsp3) is 0.176. The van der Waals surface area contributed by atoms with E-state index in [0.29, 0.717) is 34.7 Å². The molecular formula is C17H20Cl2N2O3. The van der Waals surface area contributed by atoms with E-state index in [-0.39, 0.29) is 42.9 Å². The maximum atomic E-state index is 11.8. The predicted octanol–water partition coefficient (Wildman–Crippen LogP) is 3.64. The summed E-state index contributed by atoms with van der Waals surface area (Å²) in [5.41, 5.74) is 12.6. The molecule has 0 atom stereocenters. The van der Waals surface area contributed by atoms with Gasteiger partial charge in [0, 0.05) is 17.5 Å². The van der Waals surface area contributed by atoms with Crippen molar-refractivity contribution < 1.29 is 14.3 Å². The van der Waals surface area contributed by atoms with Crippen LogP contribution in [0.25, 0.3) is 0 Å². The summed E-state index contributed by atoms with van der Waals surface area (Å²) in [7, 11) is 0. The zero-order valence-corrected chi connectivity index (χ0v) is 14.8. The molecule has 0 unspecified atom stereocenters. The number of rotatable bonds is 6. The largest absolute Gasteiger partial charge is 0.455 e. The standard InChI is InChI=1S/C17H18N2O3.2ClH/c1-2-14(20)13-4-3-5-16(17(13)19)22-12-8-6-11(7-9-12)15(21)10-18;;/h3-9H,2,10,18-19H2,1H3;2*1H. The molecule has 0 aliphatic rings. The second-order valence-corrected chi connectivity index (χ2v) is 4.75. The average Bonchev–Trinajstić information content (AvgIpc) is 2.56. The smallest absolute Gasteiger partial charge is 0.176 e. The van der Waals surface area contributed by atoms with Crippen molar-refractivity contribution >= 4 is 42.1 Å². The van der Waals surface area contributed by atoms with Crippen molar-refractivity contribution in [3.8, 4) is 11.5 Å². The molecule has 0 aromatic heterocycles. The van der Waals surface area contributed by atoms with Crippen LogP contribution in [0.1, 0.15) is 34.1 Å². The lowest BCUT2D eigenvalue weighted by atomic mass is 10.1. The van der Waals surface area contributed by atoms with Crippen LogP contribution in [-0.4, -0.2) is 18.1 Å². The Morgan fingerprint density at radius 1 is 1.00 bits per heavy atom. The minimum Gasteiger partial charge on any atom is -0.455 e. The van der Waals surface area contributed by atoms with E-state index in [1.165, 1.54) is 0 Å². The van der Waals surface area contributed by atoms with Crippen LogP contribution < -0.4 is 16.2 Å². The van der Waals surface area contributed by atoms with E-state index in [1.54, 1.807) is 49.4 Å². The molecule has 130 valence electrons. The number of carbonyl (C=O) groups excluding carboxylic acids is 2. The molecule has 0 amide bonds. The van der Waals surface area contributed by atoms with Gasteiger partial charge < -0.3 is 16.2 Å². The molecular weight excluding hydrogens is 351 g/mol. The number of benzene rings is 2. The number of nitrogen functional groups attached to an aromatic ring is 1. The first-order chi connectivity index (χ1) is 10.6. The molecule has 2 aromatic carbocycles. The number of para-hydroxylation sites is 1. The first-order valence-corrected chi connectivity index (χ1v) is 6.99. The van der Waals surface area contributed by atoms with E-state index >= 15 is 0 Å². The van der Waals surface area contributed by atoms with Crippen LogP contribution in [0.5, 0.6) is 11.5 Å². The molecule has 24 heavy (non-hydrogen) atoms. The molecule has 0 fully saturated rings. The Hall–Kier alpha value is -2.08. The molecule has 2 rings (SSSR count).